The fourth-order valence-corrected chi connectivity index (χ4v) is 4.40. The molecule has 1 N–H and O–H groups in total. The van der Waals surface area contributed by atoms with Crippen LogP contribution >= 0.6 is 0 Å². The van der Waals surface area contributed by atoms with Crippen LogP contribution in [0.5, 0.6) is 0 Å². The quantitative estimate of drug-likeness (QED) is 0.838. The van der Waals surface area contributed by atoms with E-state index in [-0.39, 0.29) is 5.91 Å². The maximum Gasteiger partial charge on any atom is 0.254 e. The number of benzene rings is 1. The van der Waals surface area contributed by atoms with Gasteiger partial charge in [0, 0.05) is 43.0 Å². The Hall–Kier alpha value is -2.24. The molecule has 0 saturated carbocycles. The number of fused-ring (bicyclic) bond motifs is 1. The second kappa shape index (κ2) is 8.41. The number of hydrogen-bond donors (Lipinski definition) is 1. The summed E-state index contributed by atoms with van der Waals surface area (Å²) in [6.07, 6.45) is 5.27. The molecule has 5 heteroatoms. The van der Waals surface area contributed by atoms with Crippen molar-refractivity contribution in [1.82, 2.24) is 20.1 Å². The summed E-state index contributed by atoms with van der Waals surface area (Å²) in [5.74, 6) is 0.179. The predicted octanol–water partition coefficient (Wildman–Crippen LogP) is 3.30. The van der Waals surface area contributed by atoms with Crippen molar-refractivity contribution >= 4 is 5.91 Å². The highest BCUT2D eigenvalue weighted by molar-refractivity contribution is 5.99. The second-order valence-electron chi connectivity index (χ2n) is 8.09. The number of rotatable bonds is 6. The van der Waals surface area contributed by atoms with E-state index in [1.54, 1.807) is 0 Å². The van der Waals surface area contributed by atoms with Gasteiger partial charge in [0.15, 0.2) is 0 Å². The normalized spacial score (nSPS) is 19.3. The zero-order chi connectivity index (χ0) is 19.5. The number of nitrogens with zero attached hydrogens (tertiary/aromatic N) is 3. The van der Waals surface area contributed by atoms with Gasteiger partial charge < -0.3 is 15.1 Å². The lowest BCUT2D eigenvalue weighted by atomic mass is 10.0. The van der Waals surface area contributed by atoms with Crippen molar-refractivity contribution < 1.29 is 4.79 Å². The molecule has 1 aromatic heterocycles. The summed E-state index contributed by atoms with van der Waals surface area (Å²) < 4.78 is 0. The number of carbonyl (C=O) groups is 1. The minimum Gasteiger partial charge on any atom is -0.330 e. The van der Waals surface area contributed by atoms with Gasteiger partial charge >= 0.3 is 0 Å². The molecular weight excluding hydrogens is 348 g/mol. The molecule has 0 radical (unpaired) electrons. The van der Waals surface area contributed by atoms with Crippen molar-refractivity contribution in [3.8, 4) is 11.3 Å². The van der Waals surface area contributed by atoms with Crippen molar-refractivity contribution in [3.63, 3.8) is 0 Å². The monoisotopic (exact) mass is 378 g/mol. The molecule has 1 amide bonds. The van der Waals surface area contributed by atoms with Crippen LogP contribution in [0, 0.1) is 0 Å². The first-order valence-electron chi connectivity index (χ1n) is 10.4. The number of pyridine rings is 1. The van der Waals surface area contributed by atoms with Crippen LogP contribution in [0.15, 0.2) is 36.5 Å². The average Bonchev–Trinajstić information content (AvgIpc) is 3.05. The molecule has 1 aromatic carbocycles. The number of amides is 1. The van der Waals surface area contributed by atoms with Gasteiger partial charge in [0.25, 0.3) is 5.91 Å². The number of hydrogen-bond acceptors (Lipinski definition) is 4. The van der Waals surface area contributed by atoms with E-state index in [1.165, 1.54) is 5.56 Å². The summed E-state index contributed by atoms with van der Waals surface area (Å²) in [6, 6.07) is 10.8. The highest BCUT2D eigenvalue weighted by Crippen LogP contribution is 2.30. The van der Waals surface area contributed by atoms with Gasteiger partial charge in [0.2, 0.25) is 0 Å². The van der Waals surface area contributed by atoms with Gasteiger partial charge in [-0.15, -0.1) is 0 Å². The van der Waals surface area contributed by atoms with Crippen LogP contribution in [0.25, 0.3) is 11.3 Å². The van der Waals surface area contributed by atoms with E-state index in [4.69, 9.17) is 0 Å². The van der Waals surface area contributed by atoms with Crippen LogP contribution in [0.3, 0.4) is 0 Å². The lowest BCUT2D eigenvalue weighted by Gasteiger charge is -2.31. The lowest BCUT2D eigenvalue weighted by molar-refractivity contribution is 0.0674. The molecule has 5 nitrogen and oxygen atoms in total. The molecule has 0 aliphatic carbocycles. The number of nitrogens with one attached hydrogen (secondary N) is 1. The Morgan fingerprint density at radius 1 is 1.29 bits per heavy atom. The van der Waals surface area contributed by atoms with Gasteiger partial charge in [0.05, 0.1) is 5.69 Å². The summed E-state index contributed by atoms with van der Waals surface area (Å²) >= 11 is 0. The van der Waals surface area contributed by atoms with Gasteiger partial charge in [-0.25, -0.2) is 0 Å². The Morgan fingerprint density at radius 3 is 2.96 bits per heavy atom. The third-order valence-electron chi connectivity index (χ3n) is 5.83. The topological polar surface area (TPSA) is 48.5 Å². The number of piperidine rings is 1. The van der Waals surface area contributed by atoms with Crippen LogP contribution in [-0.4, -0.2) is 53.4 Å². The first-order chi connectivity index (χ1) is 13.7. The Kier molecular flexibility index (Phi) is 5.74. The molecule has 3 heterocycles. The third-order valence-corrected chi connectivity index (χ3v) is 5.83. The molecule has 1 saturated heterocycles. The van der Waals surface area contributed by atoms with E-state index < -0.39 is 0 Å². The van der Waals surface area contributed by atoms with E-state index in [9.17, 15) is 4.79 Å². The molecule has 2 aromatic rings. The van der Waals surface area contributed by atoms with E-state index in [2.05, 4.69) is 47.4 Å². The van der Waals surface area contributed by atoms with Gasteiger partial charge in [-0.2, -0.15) is 0 Å². The lowest BCUT2D eigenvalue weighted by Crippen LogP contribution is -2.46. The number of carbonyl (C=O) groups excluding carboxylic acids is 1. The molecule has 1 atom stereocenters. The summed E-state index contributed by atoms with van der Waals surface area (Å²) in [4.78, 5) is 21.8. The number of aromatic nitrogens is 1. The average molecular weight is 379 g/mol. The Morgan fingerprint density at radius 2 is 2.18 bits per heavy atom. The summed E-state index contributed by atoms with van der Waals surface area (Å²) in [5.41, 5.74) is 5.33. The van der Waals surface area contributed by atoms with Crippen LogP contribution in [-0.2, 0) is 13.1 Å². The maximum atomic E-state index is 12.9. The minimum atomic E-state index is 0.179. The van der Waals surface area contributed by atoms with E-state index in [0.717, 1.165) is 67.8 Å². The zero-order valence-corrected chi connectivity index (χ0v) is 16.9. The molecule has 0 spiro atoms. The van der Waals surface area contributed by atoms with Gasteiger partial charge in [-0.1, -0.05) is 13.0 Å². The van der Waals surface area contributed by atoms with Crippen LogP contribution in [0.1, 0.15) is 47.7 Å². The fourth-order valence-electron chi connectivity index (χ4n) is 4.40. The van der Waals surface area contributed by atoms with Crippen molar-refractivity contribution in [1.29, 1.82) is 0 Å². The van der Waals surface area contributed by atoms with Crippen LogP contribution in [0.2, 0.25) is 0 Å². The summed E-state index contributed by atoms with van der Waals surface area (Å²) in [5, 5.41) is 3.42. The zero-order valence-electron chi connectivity index (χ0n) is 16.9. The molecule has 2 aliphatic rings. The Balaban J connectivity index is 1.53. The first kappa shape index (κ1) is 19.1. The van der Waals surface area contributed by atoms with Crippen LogP contribution in [0.4, 0.5) is 0 Å². The predicted molar refractivity (Wildman–Crippen MR) is 112 cm³/mol. The molecule has 2 aliphatic heterocycles. The smallest absolute Gasteiger partial charge is 0.254 e. The van der Waals surface area contributed by atoms with Gasteiger partial charge in [-0.3, -0.25) is 9.78 Å². The summed E-state index contributed by atoms with van der Waals surface area (Å²) in [6.45, 7) is 6.90. The van der Waals surface area contributed by atoms with Crippen LogP contribution < -0.4 is 5.32 Å². The molecule has 0 bridgehead atoms. The van der Waals surface area contributed by atoms with E-state index in [1.807, 2.05) is 23.2 Å². The molecule has 4 rings (SSSR count). The van der Waals surface area contributed by atoms with E-state index in [0.29, 0.717) is 12.6 Å². The molecule has 1 fully saturated rings. The molecule has 28 heavy (non-hydrogen) atoms. The standard InChI is InChI=1S/C23H30N4O/c1-3-11-26(2)15-17-8-10-25-22(12-17)18-6-7-21-19(13-18)16-27(23(21)28)20-5-4-9-24-14-20/h6-8,10,12-13,20,24H,3-5,9,11,14-16H2,1-2H3. The SMILES string of the molecule is CCCN(C)Cc1ccnc(-c2ccc3c(c2)CN(C2CCCNC2)C3=O)c1. The maximum absolute atomic E-state index is 12.9. The van der Waals surface area contributed by atoms with Gasteiger partial charge in [0.1, 0.15) is 0 Å². The highest BCUT2D eigenvalue weighted by atomic mass is 16.2. The van der Waals surface area contributed by atoms with E-state index >= 15 is 0 Å². The molecule has 148 valence electrons. The molecule has 1 unspecified atom stereocenters. The Bertz CT molecular complexity index is 844. The summed E-state index contributed by atoms with van der Waals surface area (Å²) in [7, 11) is 2.15. The first-order valence-corrected chi connectivity index (χ1v) is 10.4. The van der Waals surface area contributed by atoms with Crippen molar-refractivity contribution in [3.05, 3.63) is 53.2 Å². The Labute approximate surface area is 167 Å². The fraction of sp³-hybridized carbons (Fsp3) is 0.478. The third kappa shape index (κ3) is 3.96. The second-order valence-corrected chi connectivity index (χ2v) is 8.09. The highest BCUT2D eigenvalue weighted by Gasteiger charge is 2.33. The van der Waals surface area contributed by atoms with Crippen molar-refractivity contribution in [2.24, 2.45) is 0 Å². The minimum absolute atomic E-state index is 0.179. The van der Waals surface area contributed by atoms with Crippen molar-refractivity contribution in [2.45, 2.75) is 45.3 Å². The molecular formula is C23H30N4O. The largest absolute Gasteiger partial charge is 0.330 e. The van der Waals surface area contributed by atoms with Gasteiger partial charge in [-0.05, 0) is 74.8 Å². The van der Waals surface area contributed by atoms with Crippen molar-refractivity contribution in [2.75, 3.05) is 26.7 Å².